The van der Waals surface area contributed by atoms with Crippen LogP contribution in [0.4, 0.5) is 10.5 Å². The number of nitrogens with two attached hydrogens (primary N) is 1. The summed E-state index contributed by atoms with van der Waals surface area (Å²) in [4.78, 5) is 10.6. The van der Waals surface area contributed by atoms with Crippen molar-refractivity contribution in [2.45, 2.75) is 0 Å². The SMILES string of the molecule is Cn1c(O)c(N=NC(N)=O)c2cc(Br)ccc21. The number of primary amides is 1. The maximum absolute atomic E-state index is 10.6. The van der Waals surface area contributed by atoms with Gasteiger partial charge in [0.25, 0.3) is 0 Å². The molecule has 7 heteroatoms. The fourth-order valence-corrected chi connectivity index (χ4v) is 1.94. The van der Waals surface area contributed by atoms with Crippen LogP contribution in [0.5, 0.6) is 5.88 Å². The van der Waals surface area contributed by atoms with Gasteiger partial charge in [-0.15, -0.1) is 5.11 Å². The molecule has 0 spiro atoms. The zero-order valence-corrected chi connectivity index (χ0v) is 10.5. The molecule has 1 heterocycles. The molecule has 0 atom stereocenters. The summed E-state index contributed by atoms with van der Waals surface area (Å²) in [5.41, 5.74) is 5.88. The number of carbonyl (C=O) groups excluding carboxylic acids is 1. The van der Waals surface area contributed by atoms with Gasteiger partial charge in [-0.2, -0.15) is 0 Å². The van der Waals surface area contributed by atoms with Gasteiger partial charge >= 0.3 is 6.03 Å². The van der Waals surface area contributed by atoms with Crippen LogP contribution in [0.25, 0.3) is 10.9 Å². The van der Waals surface area contributed by atoms with Crippen LogP contribution in [-0.4, -0.2) is 15.7 Å². The molecule has 88 valence electrons. The minimum atomic E-state index is -0.906. The third-order valence-electron chi connectivity index (χ3n) is 2.35. The second-order valence-corrected chi connectivity index (χ2v) is 4.35. The molecule has 0 aliphatic heterocycles. The van der Waals surface area contributed by atoms with Gasteiger partial charge in [0, 0.05) is 16.9 Å². The number of urea groups is 1. The van der Waals surface area contributed by atoms with E-state index in [2.05, 4.69) is 26.2 Å². The molecule has 2 aromatic rings. The fourth-order valence-electron chi connectivity index (χ4n) is 1.58. The number of rotatable bonds is 1. The van der Waals surface area contributed by atoms with Crippen LogP contribution in [-0.2, 0) is 7.05 Å². The molecule has 2 amide bonds. The Morgan fingerprint density at radius 1 is 1.53 bits per heavy atom. The van der Waals surface area contributed by atoms with Crippen molar-refractivity contribution in [3.63, 3.8) is 0 Å². The zero-order chi connectivity index (χ0) is 12.6. The average Bonchev–Trinajstić information content (AvgIpc) is 2.49. The van der Waals surface area contributed by atoms with E-state index >= 15 is 0 Å². The first kappa shape index (κ1) is 11.6. The van der Waals surface area contributed by atoms with E-state index in [1.54, 1.807) is 17.7 Å². The lowest BCUT2D eigenvalue weighted by molar-refractivity contribution is 0.255. The second-order valence-electron chi connectivity index (χ2n) is 3.43. The largest absolute Gasteiger partial charge is 0.493 e. The Hall–Kier alpha value is -1.89. The summed E-state index contributed by atoms with van der Waals surface area (Å²) in [6, 6.07) is 4.54. The number of hydrogen-bond donors (Lipinski definition) is 2. The Morgan fingerprint density at radius 3 is 2.88 bits per heavy atom. The number of fused-ring (bicyclic) bond motifs is 1. The van der Waals surface area contributed by atoms with E-state index in [-0.39, 0.29) is 11.6 Å². The molecule has 2 rings (SSSR count). The topological polar surface area (TPSA) is 93.0 Å². The first-order valence-corrected chi connectivity index (χ1v) is 5.48. The molecule has 1 aromatic heterocycles. The minimum absolute atomic E-state index is 0.0666. The minimum Gasteiger partial charge on any atom is -0.493 e. The summed E-state index contributed by atoms with van der Waals surface area (Å²) >= 11 is 3.33. The highest BCUT2D eigenvalue weighted by atomic mass is 79.9. The highest BCUT2D eigenvalue weighted by Crippen LogP contribution is 2.39. The number of hydrogen-bond acceptors (Lipinski definition) is 3. The summed E-state index contributed by atoms with van der Waals surface area (Å²) in [6.07, 6.45) is 0. The number of aromatic hydroxyl groups is 1. The van der Waals surface area contributed by atoms with Crippen LogP contribution in [0.1, 0.15) is 0 Å². The average molecular weight is 297 g/mol. The Morgan fingerprint density at radius 2 is 2.24 bits per heavy atom. The first-order valence-electron chi connectivity index (χ1n) is 4.69. The normalized spacial score (nSPS) is 11.4. The summed E-state index contributed by atoms with van der Waals surface area (Å²) in [5, 5.41) is 17.4. The van der Waals surface area contributed by atoms with E-state index < -0.39 is 6.03 Å². The van der Waals surface area contributed by atoms with E-state index in [4.69, 9.17) is 5.73 Å². The fraction of sp³-hybridized carbons (Fsp3) is 0.100. The first-order chi connectivity index (χ1) is 8.00. The molecule has 0 aliphatic carbocycles. The van der Waals surface area contributed by atoms with E-state index in [0.29, 0.717) is 5.39 Å². The standard InChI is InChI=1S/C10H9BrN4O2/c1-15-7-3-2-5(11)4-6(7)8(9(15)16)13-14-10(12)17/h2-4,16H,1H3,(H2,12,17). The van der Waals surface area contributed by atoms with Gasteiger partial charge in [0.1, 0.15) is 0 Å². The summed E-state index contributed by atoms with van der Waals surface area (Å²) in [5.74, 6) is -0.0666. The van der Waals surface area contributed by atoms with Crippen molar-refractivity contribution in [3.8, 4) is 5.88 Å². The van der Waals surface area contributed by atoms with E-state index in [1.165, 1.54) is 0 Å². The number of halogens is 1. The monoisotopic (exact) mass is 296 g/mol. The van der Waals surface area contributed by atoms with Gasteiger partial charge in [0.05, 0.1) is 5.52 Å². The molecule has 0 radical (unpaired) electrons. The van der Waals surface area contributed by atoms with Crippen LogP contribution >= 0.6 is 15.9 Å². The molecular formula is C10H9BrN4O2. The Bertz CT molecular complexity index is 633. The lowest BCUT2D eigenvalue weighted by Gasteiger charge is -1.95. The van der Waals surface area contributed by atoms with Gasteiger partial charge in [0.15, 0.2) is 5.69 Å². The Balaban J connectivity index is 2.72. The van der Waals surface area contributed by atoms with Crippen LogP contribution < -0.4 is 5.73 Å². The summed E-state index contributed by atoms with van der Waals surface area (Å²) < 4.78 is 2.39. The molecule has 6 nitrogen and oxygen atoms in total. The smallest absolute Gasteiger partial charge is 0.356 e. The van der Waals surface area contributed by atoms with Crippen molar-refractivity contribution in [2.75, 3.05) is 0 Å². The van der Waals surface area contributed by atoms with E-state index in [9.17, 15) is 9.90 Å². The van der Waals surface area contributed by atoms with Crippen LogP contribution in [0.3, 0.4) is 0 Å². The van der Waals surface area contributed by atoms with Crippen molar-refractivity contribution in [1.29, 1.82) is 0 Å². The van der Waals surface area contributed by atoms with E-state index in [0.717, 1.165) is 9.99 Å². The molecule has 0 bridgehead atoms. The van der Waals surface area contributed by atoms with Crippen molar-refractivity contribution >= 4 is 38.6 Å². The molecular weight excluding hydrogens is 288 g/mol. The molecule has 0 unspecified atom stereocenters. The number of aryl methyl sites for hydroxylation is 1. The van der Waals surface area contributed by atoms with Gasteiger partial charge < -0.3 is 15.4 Å². The van der Waals surface area contributed by atoms with Crippen molar-refractivity contribution in [1.82, 2.24) is 4.57 Å². The molecule has 0 saturated heterocycles. The lowest BCUT2D eigenvalue weighted by atomic mass is 10.2. The zero-order valence-electron chi connectivity index (χ0n) is 8.88. The maximum atomic E-state index is 10.6. The van der Waals surface area contributed by atoms with Crippen molar-refractivity contribution in [3.05, 3.63) is 22.7 Å². The quantitative estimate of drug-likeness (QED) is 0.792. The van der Waals surface area contributed by atoms with Crippen molar-refractivity contribution in [2.24, 2.45) is 23.0 Å². The third-order valence-corrected chi connectivity index (χ3v) is 2.85. The maximum Gasteiger partial charge on any atom is 0.356 e. The number of azo groups is 1. The molecule has 0 saturated carbocycles. The number of nitrogens with zero attached hydrogens (tertiary/aromatic N) is 3. The Labute approximate surface area is 105 Å². The van der Waals surface area contributed by atoms with Crippen LogP contribution in [0.15, 0.2) is 32.9 Å². The Kier molecular flexibility index (Phi) is 2.84. The lowest BCUT2D eigenvalue weighted by Crippen LogP contribution is -2.01. The number of amides is 2. The molecule has 0 aliphatic rings. The molecule has 3 N–H and O–H groups in total. The number of benzene rings is 1. The highest BCUT2D eigenvalue weighted by molar-refractivity contribution is 9.10. The third kappa shape index (κ3) is 2.01. The van der Waals surface area contributed by atoms with Gasteiger partial charge in [0.2, 0.25) is 5.88 Å². The van der Waals surface area contributed by atoms with Gasteiger partial charge in [-0.3, -0.25) is 0 Å². The predicted octanol–water partition coefficient (Wildman–Crippen LogP) is 2.81. The van der Waals surface area contributed by atoms with E-state index in [1.807, 2.05) is 12.1 Å². The number of carbonyl (C=O) groups is 1. The van der Waals surface area contributed by atoms with Crippen molar-refractivity contribution < 1.29 is 9.90 Å². The summed E-state index contributed by atoms with van der Waals surface area (Å²) in [7, 11) is 1.69. The van der Waals surface area contributed by atoms with Gasteiger partial charge in [-0.25, -0.2) is 4.79 Å². The van der Waals surface area contributed by atoms with Gasteiger partial charge in [-0.1, -0.05) is 21.0 Å². The van der Waals surface area contributed by atoms with Crippen LogP contribution in [0, 0.1) is 0 Å². The highest BCUT2D eigenvalue weighted by Gasteiger charge is 2.14. The second kappa shape index (κ2) is 4.17. The molecule has 0 fully saturated rings. The molecule has 17 heavy (non-hydrogen) atoms. The van der Waals surface area contributed by atoms with Gasteiger partial charge in [-0.05, 0) is 18.2 Å². The predicted molar refractivity (Wildman–Crippen MR) is 66.4 cm³/mol. The molecule has 1 aromatic carbocycles. The number of aromatic nitrogens is 1. The summed E-state index contributed by atoms with van der Waals surface area (Å²) in [6.45, 7) is 0. The van der Waals surface area contributed by atoms with Crippen LogP contribution in [0.2, 0.25) is 0 Å².